The van der Waals surface area contributed by atoms with Crippen molar-refractivity contribution in [3.8, 4) is 0 Å². The summed E-state index contributed by atoms with van der Waals surface area (Å²) in [6.45, 7) is 8.98. The molecule has 16 heteroatoms. The monoisotopic (exact) mass is 666 g/mol. The van der Waals surface area contributed by atoms with Crippen LogP contribution in [0.15, 0.2) is 36.4 Å². The summed E-state index contributed by atoms with van der Waals surface area (Å²) in [6.07, 6.45) is -14.5. The van der Waals surface area contributed by atoms with E-state index in [1.165, 1.54) is 12.1 Å². The molecule has 0 saturated carbocycles. The van der Waals surface area contributed by atoms with Crippen molar-refractivity contribution in [2.24, 2.45) is 0 Å². The number of carbonyl (C=O) groups is 2. The Bertz CT molecular complexity index is 1270. The van der Waals surface area contributed by atoms with Crippen LogP contribution >= 0.6 is 0 Å². The molecule has 2 aromatic rings. The molecule has 0 aliphatic carbocycles. The smallest absolute Gasteiger partial charge is 0.418 e. The van der Waals surface area contributed by atoms with E-state index in [0.29, 0.717) is 0 Å². The molecule has 10 nitrogen and oxygen atoms in total. The van der Waals surface area contributed by atoms with Crippen LogP contribution in [0.4, 0.5) is 37.7 Å². The Morgan fingerprint density at radius 3 is 1.24 bits per heavy atom. The number of halogens is 6. The third-order valence-electron chi connectivity index (χ3n) is 6.35. The average Bonchev–Trinajstić information content (AvgIpc) is 2.90. The Hall–Kier alpha value is -3.60. The van der Waals surface area contributed by atoms with Crippen LogP contribution in [0, 0.1) is 0 Å². The first-order valence-corrected chi connectivity index (χ1v) is 14.0. The molecule has 2 aromatic carbocycles. The van der Waals surface area contributed by atoms with E-state index in [4.69, 9.17) is 20.9 Å². The van der Waals surface area contributed by atoms with Crippen LogP contribution < -0.4 is 22.1 Å². The molecule has 0 amide bonds. The zero-order valence-corrected chi connectivity index (χ0v) is 26.1. The second-order valence-corrected chi connectivity index (χ2v) is 12.7. The number of benzene rings is 2. The van der Waals surface area contributed by atoms with Gasteiger partial charge in [0, 0.05) is 22.5 Å². The van der Waals surface area contributed by atoms with Gasteiger partial charge in [-0.3, -0.25) is 0 Å². The zero-order valence-electron chi connectivity index (χ0n) is 26.1. The van der Waals surface area contributed by atoms with Gasteiger partial charge < -0.3 is 41.8 Å². The van der Waals surface area contributed by atoms with Crippen molar-refractivity contribution >= 4 is 23.3 Å². The minimum Gasteiger partial charge on any atom is -0.462 e. The van der Waals surface area contributed by atoms with Crippen molar-refractivity contribution in [2.45, 2.75) is 89.3 Å². The van der Waals surface area contributed by atoms with Crippen molar-refractivity contribution in [1.29, 1.82) is 0 Å². The minimum absolute atomic E-state index is 0.0486. The molecular formula is C30H40F6N4O6. The van der Waals surface area contributed by atoms with E-state index in [0.717, 1.165) is 24.3 Å². The molecule has 0 aliphatic rings. The summed E-state index contributed by atoms with van der Waals surface area (Å²) in [5, 5.41) is 26.6. The van der Waals surface area contributed by atoms with E-state index in [2.05, 4.69) is 10.6 Å². The Morgan fingerprint density at radius 1 is 0.674 bits per heavy atom. The lowest BCUT2D eigenvalue weighted by molar-refractivity contribution is -0.174. The van der Waals surface area contributed by atoms with Crippen LogP contribution in [0.1, 0.15) is 75.9 Å². The van der Waals surface area contributed by atoms with E-state index in [1.54, 1.807) is 41.5 Å². The predicted octanol–water partition coefficient (Wildman–Crippen LogP) is 4.26. The Morgan fingerprint density at radius 2 is 0.978 bits per heavy atom. The van der Waals surface area contributed by atoms with E-state index < -0.39 is 95.4 Å². The van der Waals surface area contributed by atoms with E-state index >= 15 is 0 Å². The summed E-state index contributed by atoms with van der Waals surface area (Å²) in [5.74, 6) is -2.98. The number of rotatable bonds is 11. The van der Waals surface area contributed by atoms with Crippen molar-refractivity contribution in [3.05, 3.63) is 58.7 Å². The molecule has 0 fully saturated rings. The lowest BCUT2D eigenvalue weighted by Crippen LogP contribution is -2.45. The summed E-state index contributed by atoms with van der Waals surface area (Å²) in [7, 11) is 0. The molecule has 0 aromatic heterocycles. The highest BCUT2D eigenvalue weighted by Gasteiger charge is 2.37. The molecule has 258 valence electrons. The molecule has 2 rings (SSSR count). The van der Waals surface area contributed by atoms with E-state index in [9.17, 15) is 46.1 Å². The number of anilines is 2. The third-order valence-corrected chi connectivity index (χ3v) is 6.35. The molecule has 4 unspecified atom stereocenters. The van der Waals surface area contributed by atoms with Crippen LogP contribution in [-0.2, 0) is 31.4 Å². The van der Waals surface area contributed by atoms with Gasteiger partial charge in [0.25, 0.3) is 0 Å². The van der Waals surface area contributed by atoms with E-state index in [1.807, 2.05) is 0 Å². The fourth-order valence-electron chi connectivity index (χ4n) is 4.32. The molecule has 8 N–H and O–H groups in total. The van der Waals surface area contributed by atoms with Gasteiger partial charge in [-0.25, -0.2) is 9.59 Å². The molecule has 0 radical (unpaired) electrons. The first-order chi connectivity index (χ1) is 20.8. The maximum Gasteiger partial charge on any atom is 0.418 e. The average molecular weight is 667 g/mol. The highest BCUT2D eigenvalue weighted by molar-refractivity contribution is 5.85. The molecule has 0 aliphatic heterocycles. The number of nitrogens with two attached hydrogens (primary N) is 2. The van der Waals surface area contributed by atoms with Gasteiger partial charge in [0.15, 0.2) is 12.2 Å². The summed E-state index contributed by atoms with van der Waals surface area (Å²) in [5.41, 5.74) is 6.42. The standard InChI is InChI=1S/C30H40F6N4O6/c1-27(2,3)39-21(15-7-9-19(37)17(11-15)29(31,32)33)13-45-25(43)23(41)24(42)26(44)46-14-22(40-28(4,5)6)16-8-10-20(38)18(12-16)30(34,35)36/h7-12,21-24,39-42H,13-14,37-38H2,1-6H3. The topological polar surface area (TPSA) is 169 Å². The maximum atomic E-state index is 13.4. The fourth-order valence-corrected chi connectivity index (χ4v) is 4.32. The van der Waals surface area contributed by atoms with Gasteiger partial charge in [-0.15, -0.1) is 0 Å². The molecule has 0 bridgehead atoms. The van der Waals surface area contributed by atoms with Gasteiger partial charge in [0.1, 0.15) is 13.2 Å². The highest BCUT2D eigenvalue weighted by atomic mass is 19.4. The summed E-state index contributed by atoms with van der Waals surface area (Å²) >= 11 is 0. The number of esters is 2. The number of hydrogen-bond acceptors (Lipinski definition) is 10. The highest BCUT2D eigenvalue weighted by Crippen LogP contribution is 2.36. The lowest BCUT2D eigenvalue weighted by Gasteiger charge is -2.30. The zero-order chi connectivity index (χ0) is 35.4. The van der Waals surface area contributed by atoms with Gasteiger partial charge in [0.2, 0.25) is 0 Å². The summed E-state index contributed by atoms with van der Waals surface area (Å²) < 4.78 is 90.7. The van der Waals surface area contributed by atoms with Crippen molar-refractivity contribution in [2.75, 3.05) is 24.7 Å². The number of aliphatic hydroxyl groups is 2. The van der Waals surface area contributed by atoms with Crippen LogP contribution in [0.5, 0.6) is 0 Å². The number of hydrogen-bond donors (Lipinski definition) is 6. The third kappa shape index (κ3) is 11.3. The lowest BCUT2D eigenvalue weighted by atomic mass is 9.99. The number of carbonyl (C=O) groups excluding carboxylic acids is 2. The molecule has 46 heavy (non-hydrogen) atoms. The Labute approximate surface area is 262 Å². The van der Waals surface area contributed by atoms with Crippen molar-refractivity contribution < 1.29 is 55.6 Å². The number of aliphatic hydroxyl groups excluding tert-OH is 2. The number of alkyl halides is 6. The van der Waals surface area contributed by atoms with Gasteiger partial charge in [0.05, 0.1) is 23.2 Å². The number of nitrogen functional groups attached to an aromatic ring is 2. The molecule has 0 saturated heterocycles. The van der Waals surface area contributed by atoms with E-state index in [-0.39, 0.29) is 11.1 Å². The number of nitrogens with one attached hydrogen (secondary N) is 2. The Kier molecular flexibility index (Phi) is 12.1. The SMILES string of the molecule is CC(C)(C)NC(COC(=O)C(O)C(O)C(=O)OCC(NC(C)(C)C)c1ccc(N)c(C(F)(F)F)c1)c1ccc(N)c(C(F)(F)F)c1. The maximum absolute atomic E-state index is 13.4. The number of ether oxygens (including phenoxy) is 2. The van der Waals surface area contributed by atoms with Gasteiger partial charge >= 0.3 is 24.3 Å². The van der Waals surface area contributed by atoms with Gasteiger partial charge in [-0.05, 0) is 76.9 Å². The minimum atomic E-state index is -4.76. The first kappa shape index (κ1) is 38.6. The van der Waals surface area contributed by atoms with Crippen LogP contribution in [-0.4, -0.2) is 58.7 Å². The second-order valence-electron chi connectivity index (χ2n) is 12.7. The van der Waals surface area contributed by atoms with Crippen molar-refractivity contribution in [1.82, 2.24) is 10.6 Å². The Balaban J connectivity index is 2.17. The largest absolute Gasteiger partial charge is 0.462 e. The molecule has 0 heterocycles. The normalized spacial score (nSPS) is 15.5. The quantitative estimate of drug-likeness (QED) is 0.116. The van der Waals surface area contributed by atoms with Gasteiger partial charge in [-0.1, -0.05) is 12.1 Å². The van der Waals surface area contributed by atoms with Crippen molar-refractivity contribution in [3.63, 3.8) is 0 Å². The second kappa shape index (κ2) is 14.4. The fraction of sp³-hybridized carbons (Fsp3) is 0.533. The predicted molar refractivity (Wildman–Crippen MR) is 157 cm³/mol. The van der Waals surface area contributed by atoms with Crippen LogP contribution in [0.3, 0.4) is 0 Å². The van der Waals surface area contributed by atoms with Crippen LogP contribution in [0.25, 0.3) is 0 Å². The molecular weight excluding hydrogens is 626 g/mol. The van der Waals surface area contributed by atoms with Gasteiger partial charge in [-0.2, -0.15) is 26.3 Å². The molecule has 0 spiro atoms. The summed E-state index contributed by atoms with van der Waals surface area (Å²) in [6, 6.07) is 4.19. The summed E-state index contributed by atoms with van der Waals surface area (Å²) in [4.78, 5) is 25.2. The van der Waals surface area contributed by atoms with Crippen LogP contribution in [0.2, 0.25) is 0 Å². The molecule has 4 atom stereocenters. The first-order valence-electron chi connectivity index (χ1n) is 14.0.